The molecule has 0 fully saturated rings. The summed E-state index contributed by atoms with van der Waals surface area (Å²) in [6, 6.07) is 11.7. The van der Waals surface area contributed by atoms with Gasteiger partial charge in [-0.1, -0.05) is 18.2 Å². The van der Waals surface area contributed by atoms with Crippen molar-refractivity contribution in [2.45, 2.75) is 19.1 Å². The predicted molar refractivity (Wildman–Crippen MR) is 99.0 cm³/mol. The lowest BCUT2D eigenvalue weighted by molar-refractivity contribution is -0.153. The summed E-state index contributed by atoms with van der Waals surface area (Å²) in [5.41, 5.74) is 7.05. The second kappa shape index (κ2) is 8.73. The summed E-state index contributed by atoms with van der Waals surface area (Å²) in [5, 5.41) is 2.93. The highest BCUT2D eigenvalue weighted by atomic mass is 19.4. The zero-order valence-corrected chi connectivity index (χ0v) is 15.0. The van der Waals surface area contributed by atoms with Crippen LogP contribution in [0, 0.1) is 0 Å². The molecule has 6 nitrogen and oxygen atoms in total. The summed E-state index contributed by atoms with van der Waals surface area (Å²) in [5.74, 6) is 1.50. The lowest BCUT2D eigenvalue weighted by atomic mass is 10.2. The Hall–Kier alpha value is -3.10. The number of ether oxygens (including phenoxy) is 3. The SMILES string of the molecule is NC(=NCc1ccccc1OCC(F)(F)F)Nc1ccc2c(c1)OCCCO2. The van der Waals surface area contributed by atoms with Crippen LogP contribution in [0.4, 0.5) is 18.9 Å². The van der Waals surface area contributed by atoms with Crippen LogP contribution in [-0.4, -0.2) is 32.0 Å². The summed E-state index contributed by atoms with van der Waals surface area (Å²) in [6.07, 6.45) is -3.61. The lowest BCUT2D eigenvalue weighted by Crippen LogP contribution is -2.23. The first-order chi connectivity index (χ1) is 13.4. The van der Waals surface area contributed by atoms with Crippen molar-refractivity contribution in [3.63, 3.8) is 0 Å². The van der Waals surface area contributed by atoms with Gasteiger partial charge in [-0.3, -0.25) is 0 Å². The topological polar surface area (TPSA) is 78.1 Å². The van der Waals surface area contributed by atoms with E-state index in [2.05, 4.69) is 10.3 Å². The Morgan fingerprint density at radius 1 is 1.11 bits per heavy atom. The molecule has 0 atom stereocenters. The molecule has 150 valence electrons. The molecule has 0 saturated heterocycles. The van der Waals surface area contributed by atoms with Crippen molar-refractivity contribution in [3.8, 4) is 17.2 Å². The smallest absolute Gasteiger partial charge is 0.422 e. The molecule has 3 rings (SSSR count). The van der Waals surface area contributed by atoms with Gasteiger partial charge in [0.2, 0.25) is 0 Å². The number of nitrogens with two attached hydrogens (primary N) is 1. The number of nitrogens with zero attached hydrogens (tertiary/aromatic N) is 1. The van der Waals surface area contributed by atoms with E-state index >= 15 is 0 Å². The molecule has 1 aliphatic rings. The molecule has 0 spiro atoms. The van der Waals surface area contributed by atoms with Crippen molar-refractivity contribution in [2.75, 3.05) is 25.1 Å². The summed E-state index contributed by atoms with van der Waals surface area (Å²) in [4.78, 5) is 4.18. The van der Waals surface area contributed by atoms with Crippen LogP contribution < -0.4 is 25.3 Å². The predicted octanol–water partition coefficient (Wildman–Crippen LogP) is 3.72. The van der Waals surface area contributed by atoms with Crippen molar-refractivity contribution < 1.29 is 27.4 Å². The largest absolute Gasteiger partial charge is 0.490 e. The molecule has 1 aliphatic heterocycles. The van der Waals surface area contributed by atoms with Crippen LogP contribution in [-0.2, 0) is 6.54 Å². The normalized spacial score (nSPS) is 14.3. The van der Waals surface area contributed by atoms with Crippen LogP contribution in [0.3, 0.4) is 0 Å². The van der Waals surface area contributed by atoms with E-state index in [0.717, 1.165) is 6.42 Å². The molecule has 0 saturated carbocycles. The van der Waals surface area contributed by atoms with Crippen molar-refractivity contribution >= 4 is 11.6 Å². The highest BCUT2D eigenvalue weighted by Gasteiger charge is 2.28. The fourth-order valence-electron chi connectivity index (χ4n) is 2.53. The lowest BCUT2D eigenvalue weighted by Gasteiger charge is -2.13. The van der Waals surface area contributed by atoms with E-state index in [4.69, 9.17) is 19.9 Å². The average molecular weight is 395 g/mol. The maximum atomic E-state index is 12.4. The monoisotopic (exact) mass is 395 g/mol. The fraction of sp³-hybridized carbons (Fsp3) is 0.316. The van der Waals surface area contributed by atoms with E-state index in [0.29, 0.717) is 36.0 Å². The average Bonchev–Trinajstić information content (AvgIpc) is 2.89. The van der Waals surface area contributed by atoms with Gasteiger partial charge in [0, 0.05) is 23.7 Å². The van der Waals surface area contributed by atoms with Gasteiger partial charge in [0.25, 0.3) is 0 Å². The molecule has 0 aliphatic carbocycles. The van der Waals surface area contributed by atoms with Crippen LogP contribution in [0.15, 0.2) is 47.5 Å². The summed E-state index contributed by atoms with van der Waals surface area (Å²) in [6.45, 7) is -0.135. The summed E-state index contributed by atoms with van der Waals surface area (Å²) in [7, 11) is 0. The first-order valence-corrected chi connectivity index (χ1v) is 8.65. The van der Waals surface area contributed by atoms with Gasteiger partial charge < -0.3 is 25.3 Å². The molecule has 3 N–H and O–H groups in total. The molecular formula is C19H20F3N3O3. The molecule has 0 radical (unpaired) electrons. The van der Waals surface area contributed by atoms with Gasteiger partial charge in [0.1, 0.15) is 5.75 Å². The molecule has 9 heteroatoms. The fourth-order valence-corrected chi connectivity index (χ4v) is 2.53. The van der Waals surface area contributed by atoms with E-state index in [1.54, 1.807) is 36.4 Å². The van der Waals surface area contributed by atoms with E-state index < -0.39 is 12.8 Å². The first kappa shape index (κ1) is 19.7. The number of nitrogens with one attached hydrogen (secondary N) is 1. The highest BCUT2D eigenvalue weighted by Crippen LogP contribution is 2.32. The van der Waals surface area contributed by atoms with Gasteiger partial charge in [-0.15, -0.1) is 0 Å². The summed E-state index contributed by atoms with van der Waals surface area (Å²) >= 11 is 0. The molecule has 0 amide bonds. The first-order valence-electron chi connectivity index (χ1n) is 8.65. The van der Waals surface area contributed by atoms with Crippen LogP contribution in [0.5, 0.6) is 17.2 Å². The Bertz CT molecular complexity index is 841. The number of para-hydroxylation sites is 1. The number of benzene rings is 2. The quantitative estimate of drug-likeness (QED) is 0.596. The van der Waals surface area contributed by atoms with Crippen LogP contribution in [0.25, 0.3) is 0 Å². The number of rotatable bonds is 5. The Morgan fingerprint density at radius 2 is 1.86 bits per heavy atom. The number of guanidine groups is 1. The number of aliphatic imine (C=N–C) groups is 1. The maximum Gasteiger partial charge on any atom is 0.422 e. The Balaban J connectivity index is 1.64. The third kappa shape index (κ3) is 5.70. The second-order valence-electron chi connectivity index (χ2n) is 6.05. The highest BCUT2D eigenvalue weighted by molar-refractivity contribution is 5.92. The standard InChI is InChI=1S/C19H20F3N3O3/c20-19(21,22)12-28-15-5-2-1-4-13(15)11-24-18(23)25-14-6-7-16-17(10-14)27-9-3-8-26-16/h1-2,4-7,10H,3,8-9,11-12H2,(H3,23,24,25). The van der Waals surface area contributed by atoms with Gasteiger partial charge in [-0.25, -0.2) is 4.99 Å². The molecule has 2 aromatic carbocycles. The van der Waals surface area contributed by atoms with Crippen LogP contribution in [0.2, 0.25) is 0 Å². The Labute approximate surface area is 160 Å². The van der Waals surface area contributed by atoms with Crippen molar-refractivity contribution in [1.82, 2.24) is 0 Å². The minimum Gasteiger partial charge on any atom is -0.490 e. The van der Waals surface area contributed by atoms with Gasteiger partial charge in [-0.05, 0) is 18.2 Å². The number of hydrogen-bond donors (Lipinski definition) is 2. The third-order valence-corrected chi connectivity index (χ3v) is 3.80. The molecule has 0 aromatic heterocycles. The Kier molecular flexibility index (Phi) is 6.13. The number of fused-ring (bicyclic) bond motifs is 1. The molecular weight excluding hydrogens is 375 g/mol. The number of halogens is 3. The van der Waals surface area contributed by atoms with Gasteiger partial charge >= 0.3 is 6.18 Å². The third-order valence-electron chi connectivity index (χ3n) is 3.80. The molecule has 0 bridgehead atoms. The van der Waals surface area contributed by atoms with E-state index in [9.17, 15) is 13.2 Å². The zero-order valence-electron chi connectivity index (χ0n) is 15.0. The van der Waals surface area contributed by atoms with Gasteiger partial charge in [0.05, 0.1) is 19.8 Å². The minimum absolute atomic E-state index is 0.0669. The Morgan fingerprint density at radius 3 is 2.64 bits per heavy atom. The summed E-state index contributed by atoms with van der Waals surface area (Å²) < 4.78 is 53.1. The molecule has 1 heterocycles. The van der Waals surface area contributed by atoms with Crippen molar-refractivity contribution in [1.29, 1.82) is 0 Å². The van der Waals surface area contributed by atoms with E-state index in [-0.39, 0.29) is 18.3 Å². The van der Waals surface area contributed by atoms with E-state index in [1.807, 2.05) is 0 Å². The molecule has 28 heavy (non-hydrogen) atoms. The number of alkyl halides is 3. The zero-order chi connectivity index (χ0) is 20.0. The number of hydrogen-bond acceptors (Lipinski definition) is 4. The minimum atomic E-state index is -4.41. The molecule has 2 aromatic rings. The molecule has 0 unspecified atom stereocenters. The van der Waals surface area contributed by atoms with Crippen molar-refractivity contribution in [3.05, 3.63) is 48.0 Å². The van der Waals surface area contributed by atoms with Crippen molar-refractivity contribution in [2.24, 2.45) is 10.7 Å². The van der Waals surface area contributed by atoms with Crippen LogP contribution in [0.1, 0.15) is 12.0 Å². The maximum absolute atomic E-state index is 12.4. The van der Waals surface area contributed by atoms with E-state index in [1.165, 1.54) is 6.07 Å². The number of anilines is 1. The second-order valence-corrected chi connectivity index (χ2v) is 6.05. The van der Waals surface area contributed by atoms with Gasteiger partial charge in [0.15, 0.2) is 24.1 Å². The van der Waals surface area contributed by atoms with Gasteiger partial charge in [-0.2, -0.15) is 13.2 Å². The van der Waals surface area contributed by atoms with Crippen LogP contribution >= 0.6 is 0 Å².